The third-order valence-corrected chi connectivity index (χ3v) is 52.8. The van der Waals surface area contributed by atoms with Crippen LogP contribution in [0.4, 0.5) is 0 Å². The lowest BCUT2D eigenvalue weighted by Crippen LogP contribution is -2.71. The molecule has 7 aliphatic heterocycles. The molecule has 0 aliphatic carbocycles. The molecular weight excluding hydrogens is 1490 g/mol. The lowest BCUT2D eigenvalue weighted by atomic mass is 9.86. The summed E-state index contributed by atoms with van der Waals surface area (Å²) < 4.78 is 153. The fourth-order valence-electron chi connectivity index (χ4n) is 13.1. The quantitative estimate of drug-likeness (QED) is 0.0720. The second-order valence-electron chi connectivity index (χ2n) is 40.6. The van der Waals surface area contributed by atoms with Gasteiger partial charge in [-0.3, -0.25) is 0 Å². The Kier molecular flexibility index (Phi) is 27.8. The monoisotopic (exact) mass is 1640 g/mol. The number of carbonyl (C=O) groups is 1. The van der Waals surface area contributed by atoms with Crippen molar-refractivity contribution in [2.24, 2.45) is 0 Å². The zero-order valence-corrected chi connectivity index (χ0v) is 78.9. The van der Waals surface area contributed by atoms with Crippen LogP contribution < -0.4 is 8.85 Å². The van der Waals surface area contributed by atoms with E-state index in [4.69, 9.17) is 102 Å². The van der Waals surface area contributed by atoms with E-state index >= 15 is 0 Å². The molecule has 0 amide bonds. The highest BCUT2D eigenvalue weighted by atomic mass is 28.4. The van der Waals surface area contributed by atoms with E-state index in [2.05, 4.69) is 203 Å². The van der Waals surface area contributed by atoms with E-state index in [1.165, 1.54) is 0 Å². The van der Waals surface area contributed by atoms with E-state index in [0.29, 0.717) is 17.1 Å². The molecule has 1 spiro atoms. The van der Waals surface area contributed by atoms with Crippen LogP contribution in [-0.2, 0) is 93.5 Å². The molecule has 0 saturated carbocycles. The predicted octanol–water partition coefficient (Wildman–Crippen LogP) is 14.2. The Labute approximate surface area is 654 Å². The Hall–Kier alpha value is -1.25. The first-order valence-electron chi connectivity index (χ1n) is 39.1. The molecule has 7 fully saturated rings. The van der Waals surface area contributed by atoms with Gasteiger partial charge in [-0.2, -0.15) is 0 Å². The van der Waals surface area contributed by atoms with Gasteiger partial charge in [0, 0.05) is 27.4 Å². The number of aryl methyl sites for hydroxylation is 1. The number of aliphatic hydroxyl groups excluding tert-OH is 1. The first-order chi connectivity index (χ1) is 48.9. The van der Waals surface area contributed by atoms with Crippen LogP contribution in [0.2, 0.25) is 109 Å². The van der Waals surface area contributed by atoms with Gasteiger partial charge in [0.15, 0.2) is 70.6 Å². The van der Waals surface area contributed by atoms with Gasteiger partial charge in [-0.1, -0.05) is 125 Å². The standard InChI is InChI=1S/C77H144O25Si6/c1-44-38-47(97-103(26,27)70(4,5)6)39-48(98-104(28,29)71(7,8)9)52(44)65(79)90-50-42-87-77(63-56(50)85-43-86-63)95-51-41-84-66(60(55(51)96-77)100-106(32,33)73(13,14)15)94-67-59(83-25)58(99-105(30,31)72(10,11)12)54(49(91-67)40-81-23)92-68-61(101-107(34,35)74(16,17)18)57(53(82-24)45(2)88-68)93-69-64(102-108(36,37)75(19,20)21)76(22,80)62(78)46(3)89-69/h38-39,45-46,49-51,53-64,66-69,78,80H,40-43H2,1-37H3/t45-,46-,49-,50-,51+,53+,54-,55-,56+,57+,58+,59+,60-,61-,62-,63-,64-,66+,67+,68+,69+,76+,77-/m1/s1. The Bertz CT molecular complexity index is 3190. The molecule has 8 rings (SSSR count). The van der Waals surface area contributed by atoms with E-state index in [1.807, 2.05) is 26.0 Å². The third kappa shape index (κ3) is 19.1. The number of ether oxygens (including phenoxy) is 16. The average molecular weight is 1640 g/mol. The molecule has 31 heteroatoms. The maximum atomic E-state index is 15.0. The number of aliphatic hydroxyl groups is 2. The minimum Gasteiger partial charge on any atom is -0.543 e. The summed E-state index contributed by atoms with van der Waals surface area (Å²) >= 11 is 0. The zero-order valence-electron chi connectivity index (χ0n) is 72.9. The van der Waals surface area contributed by atoms with Crippen molar-refractivity contribution in [1.82, 2.24) is 0 Å². The number of benzene rings is 1. The molecule has 23 atom stereocenters. The fraction of sp³-hybridized carbons (Fsp3) is 0.909. The summed E-state index contributed by atoms with van der Waals surface area (Å²) in [6, 6.07) is 3.73. The highest BCUT2D eigenvalue weighted by Crippen LogP contribution is 2.52. The van der Waals surface area contributed by atoms with Crippen LogP contribution in [0.1, 0.15) is 161 Å². The Morgan fingerprint density at radius 1 is 0.519 bits per heavy atom. The van der Waals surface area contributed by atoms with Crippen molar-refractivity contribution in [3.8, 4) is 11.5 Å². The van der Waals surface area contributed by atoms with Crippen LogP contribution in [0.15, 0.2) is 12.1 Å². The number of hydrogen-bond donors (Lipinski definition) is 2. The number of rotatable bonds is 24. The third-order valence-electron chi connectivity index (χ3n) is 26.3. The van der Waals surface area contributed by atoms with Crippen LogP contribution in [-0.4, -0.2) is 255 Å². The lowest BCUT2D eigenvalue weighted by molar-refractivity contribution is -0.405. The van der Waals surface area contributed by atoms with Crippen molar-refractivity contribution >= 4 is 55.9 Å². The Morgan fingerprint density at radius 2 is 1.01 bits per heavy atom. The van der Waals surface area contributed by atoms with Gasteiger partial charge in [0.25, 0.3) is 8.32 Å². The van der Waals surface area contributed by atoms with Crippen molar-refractivity contribution in [2.75, 3.05) is 47.9 Å². The van der Waals surface area contributed by atoms with E-state index in [1.54, 1.807) is 35.2 Å². The van der Waals surface area contributed by atoms with Gasteiger partial charge in [-0.25, -0.2) is 4.79 Å². The first kappa shape index (κ1) is 92.3. The van der Waals surface area contributed by atoms with Crippen LogP contribution in [0, 0.1) is 6.92 Å². The summed E-state index contributed by atoms with van der Waals surface area (Å²) in [5, 5.41) is 22.6. The molecule has 7 saturated heterocycles. The van der Waals surface area contributed by atoms with Crippen LogP contribution in [0.5, 0.6) is 11.5 Å². The van der Waals surface area contributed by atoms with Gasteiger partial charge in [-0.15, -0.1) is 0 Å². The highest BCUT2D eigenvalue weighted by Gasteiger charge is 2.69. The smallest absolute Gasteiger partial charge is 0.342 e. The van der Waals surface area contributed by atoms with Gasteiger partial charge in [0.05, 0.1) is 32.0 Å². The maximum Gasteiger partial charge on any atom is 0.342 e. The van der Waals surface area contributed by atoms with Crippen LogP contribution in [0.25, 0.3) is 0 Å². The summed E-state index contributed by atoms with van der Waals surface area (Å²) in [5.41, 5.74) is -0.895. The zero-order chi connectivity index (χ0) is 81.8. The highest BCUT2D eigenvalue weighted by molar-refractivity contribution is 6.76. The molecule has 626 valence electrons. The molecule has 1 aromatic carbocycles. The molecule has 0 bridgehead atoms. The summed E-state index contributed by atoms with van der Waals surface area (Å²) in [7, 11) is -11.3. The molecule has 0 unspecified atom stereocenters. The second-order valence-corrected chi connectivity index (χ2v) is 69.1. The van der Waals surface area contributed by atoms with Gasteiger partial charge in [0.2, 0.25) is 8.32 Å². The molecule has 1 aromatic rings. The molecule has 0 aromatic heterocycles. The summed E-state index contributed by atoms with van der Waals surface area (Å²) in [6.07, 6.45) is -21.3. The van der Waals surface area contributed by atoms with Crippen molar-refractivity contribution < 1.29 is 117 Å². The lowest BCUT2D eigenvalue weighted by Gasteiger charge is -2.55. The van der Waals surface area contributed by atoms with Gasteiger partial charge in [0.1, 0.15) is 109 Å². The number of methoxy groups -OCH3 is 3. The first-order valence-corrected chi connectivity index (χ1v) is 56.6. The summed E-state index contributed by atoms with van der Waals surface area (Å²) in [4.78, 5) is 15.0. The number of carbonyl (C=O) groups excluding carboxylic acids is 1. The van der Waals surface area contributed by atoms with Crippen LogP contribution in [0.3, 0.4) is 0 Å². The average Bonchev–Trinajstić information content (AvgIpc) is 1.49. The van der Waals surface area contributed by atoms with E-state index in [9.17, 15) is 15.0 Å². The van der Waals surface area contributed by atoms with Gasteiger partial charge in [-0.05, 0) is 148 Å². The molecule has 0 radical (unpaired) electrons. The normalized spacial score (nSPS) is 36.1. The fourth-order valence-corrected chi connectivity index (χ4v) is 20.3. The SMILES string of the molecule is COC[C@H]1O[C@@H](O[C@@H]2OC[C@@H]3O[C@@]4(OC[C@@H](OC(=O)c5c(C)cc(O[Si](C)(C)C(C)(C)C)cc5O[Si](C)(C)C(C)(C)C)[C@@H]5OCO[C@H]54)O[C@H]3[C@H]2O[Si](C)(C)C(C)(C)C)[C@@H](OC)[C@@H](O[Si](C)(C)C(C)(C)C)[C@@H]1O[C@@H]1O[C@H](C)[C@H](OC)[C@H](O[C@@H]2O[C@H](C)[C@@H](O)[C@](C)(O)[C@@H]2O[Si](C)(C)C(C)(C)C)[C@H]1O[Si](C)(C)C(C)(C)C. The molecule has 25 nitrogen and oxygen atoms in total. The van der Waals surface area contributed by atoms with Crippen molar-refractivity contribution in [1.29, 1.82) is 0 Å². The predicted molar refractivity (Wildman–Crippen MR) is 425 cm³/mol. The largest absolute Gasteiger partial charge is 0.543 e. The molecular formula is C77H144O25Si6. The van der Waals surface area contributed by atoms with E-state index in [-0.39, 0.29) is 62.4 Å². The van der Waals surface area contributed by atoms with Crippen LogP contribution >= 0.6 is 0 Å². The Morgan fingerprint density at radius 3 is 1.54 bits per heavy atom. The van der Waals surface area contributed by atoms with Crippen molar-refractivity contribution in [3.63, 3.8) is 0 Å². The maximum absolute atomic E-state index is 15.0. The van der Waals surface area contributed by atoms with Gasteiger partial charge < -0.3 is 113 Å². The molecule has 2 N–H and O–H groups in total. The van der Waals surface area contributed by atoms with Gasteiger partial charge >= 0.3 is 11.9 Å². The minimum absolute atomic E-state index is 0.0192. The van der Waals surface area contributed by atoms with E-state index < -0.39 is 196 Å². The number of hydrogen-bond acceptors (Lipinski definition) is 25. The Balaban J connectivity index is 1.14. The molecule has 7 aliphatic rings. The minimum atomic E-state index is -2.85. The molecule has 108 heavy (non-hydrogen) atoms. The summed E-state index contributed by atoms with van der Waals surface area (Å²) in [5.74, 6) is -1.46. The van der Waals surface area contributed by atoms with Crippen molar-refractivity contribution in [3.05, 3.63) is 23.3 Å². The van der Waals surface area contributed by atoms with Crippen molar-refractivity contribution in [2.45, 2.75) is 402 Å². The molecule has 7 heterocycles. The summed E-state index contributed by atoms with van der Waals surface area (Å²) in [6.45, 7) is 71.2. The number of esters is 1. The number of fused-ring (bicyclic) bond motifs is 3. The van der Waals surface area contributed by atoms with E-state index in [0.717, 1.165) is 0 Å². The second kappa shape index (κ2) is 32.6. The topological polar surface area (TPSA) is 261 Å².